The molecule has 1 heterocycles. The molecule has 1 aromatic carbocycles. The number of fused-ring (bicyclic) bond motifs is 1. The minimum absolute atomic E-state index is 0.322. The molecule has 1 aromatic rings. The van der Waals surface area contributed by atoms with E-state index in [-0.39, 0.29) is 23.7 Å². The normalized spacial score (nSPS) is 22.1. The molecule has 1 aliphatic carbocycles. The van der Waals surface area contributed by atoms with Crippen LogP contribution in [0.3, 0.4) is 0 Å². The number of benzene rings is 1. The molecule has 1 saturated heterocycles. The predicted octanol–water partition coefficient (Wildman–Crippen LogP) is 2.39. The molecule has 0 spiro atoms. The van der Waals surface area contributed by atoms with Crippen LogP contribution in [-0.4, -0.2) is 48.3 Å². The Labute approximate surface area is 173 Å². The van der Waals surface area contributed by atoms with E-state index in [9.17, 15) is 19.2 Å². The number of ether oxygens (including phenoxy) is 2. The average molecular weight is 423 g/mol. The maximum atomic E-state index is 12.4. The van der Waals surface area contributed by atoms with Crippen LogP contribution >= 0.6 is 11.6 Å². The van der Waals surface area contributed by atoms with Crippen molar-refractivity contribution in [3.05, 3.63) is 23.2 Å². The Morgan fingerprint density at radius 2 is 1.83 bits per heavy atom. The molecule has 1 saturated carbocycles. The van der Waals surface area contributed by atoms with Gasteiger partial charge in [-0.2, -0.15) is 0 Å². The molecule has 3 amide bonds. The summed E-state index contributed by atoms with van der Waals surface area (Å²) in [5.41, 5.74) is 0.335. The second kappa shape index (κ2) is 8.82. The lowest BCUT2D eigenvalue weighted by Gasteiger charge is -2.19. The molecule has 1 aliphatic heterocycles. The topological polar surface area (TPSA) is 102 Å². The second-order valence-corrected chi connectivity index (χ2v) is 7.66. The number of esters is 1. The number of halogens is 1. The molecule has 3 atom stereocenters. The van der Waals surface area contributed by atoms with Gasteiger partial charge >= 0.3 is 5.97 Å². The number of hydrogen-bond donors (Lipinski definition) is 1. The molecule has 3 rings (SSSR count). The summed E-state index contributed by atoms with van der Waals surface area (Å²) in [6.45, 7) is 0.917. The molecule has 0 bridgehead atoms. The zero-order valence-electron chi connectivity index (χ0n) is 16.3. The molecular formula is C20H23ClN2O6. The van der Waals surface area contributed by atoms with E-state index in [4.69, 9.17) is 21.1 Å². The van der Waals surface area contributed by atoms with Crippen LogP contribution in [-0.2, 0) is 23.9 Å². The fourth-order valence-corrected chi connectivity index (χ4v) is 3.99. The van der Waals surface area contributed by atoms with Gasteiger partial charge in [0.2, 0.25) is 11.8 Å². The first-order valence-electron chi connectivity index (χ1n) is 9.51. The number of likely N-dealkylation sites (tertiary alicyclic amines) is 1. The van der Waals surface area contributed by atoms with E-state index >= 15 is 0 Å². The average Bonchev–Trinajstić information content (AvgIpc) is 2.93. The molecule has 156 valence electrons. The Balaban J connectivity index is 1.58. The summed E-state index contributed by atoms with van der Waals surface area (Å²) in [7, 11) is 1.45. The molecule has 0 radical (unpaired) electrons. The number of methoxy groups -OCH3 is 1. The molecule has 2 aliphatic rings. The van der Waals surface area contributed by atoms with Crippen molar-refractivity contribution in [1.29, 1.82) is 0 Å². The Kier molecular flexibility index (Phi) is 6.42. The third-order valence-corrected chi connectivity index (χ3v) is 5.55. The highest BCUT2D eigenvalue weighted by atomic mass is 35.5. The molecule has 0 unspecified atom stereocenters. The SMILES string of the molecule is COc1ccc(Cl)cc1NC(=O)[C@@H](C)OC(=O)CN1C(=O)[C@H]2CCCC[C@@H]2C1=O. The van der Waals surface area contributed by atoms with E-state index in [1.165, 1.54) is 20.1 Å². The van der Waals surface area contributed by atoms with Crippen LogP contribution < -0.4 is 10.1 Å². The predicted molar refractivity (Wildman–Crippen MR) is 104 cm³/mol. The second-order valence-electron chi connectivity index (χ2n) is 7.23. The summed E-state index contributed by atoms with van der Waals surface area (Å²) >= 11 is 5.93. The molecular weight excluding hydrogens is 400 g/mol. The van der Waals surface area contributed by atoms with Gasteiger partial charge in [-0.05, 0) is 38.0 Å². The number of nitrogens with one attached hydrogen (secondary N) is 1. The van der Waals surface area contributed by atoms with Gasteiger partial charge in [0.05, 0.1) is 24.6 Å². The largest absolute Gasteiger partial charge is 0.495 e. The van der Waals surface area contributed by atoms with Gasteiger partial charge < -0.3 is 14.8 Å². The lowest BCUT2D eigenvalue weighted by molar-refractivity contribution is -0.158. The van der Waals surface area contributed by atoms with E-state index in [0.717, 1.165) is 17.7 Å². The molecule has 1 N–H and O–H groups in total. The van der Waals surface area contributed by atoms with E-state index in [1.54, 1.807) is 12.1 Å². The minimum Gasteiger partial charge on any atom is -0.495 e. The van der Waals surface area contributed by atoms with Crippen LogP contribution in [0.15, 0.2) is 18.2 Å². The number of carbonyl (C=O) groups is 4. The van der Waals surface area contributed by atoms with Crippen LogP contribution in [0.4, 0.5) is 5.69 Å². The Hall–Kier alpha value is -2.61. The zero-order chi connectivity index (χ0) is 21.1. The summed E-state index contributed by atoms with van der Waals surface area (Å²) in [4.78, 5) is 50.5. The zero-order valence-corrected chi connectivity index (χ0v) is 17.0. The Bertz CT molecular complexity index is 818. The van der Waals surface area contributed by atoms with Crippen molar-refractivity contribution in [2.24, 2.45) is 11.8 Å². The highest BCUT2D eigenvalue weighted by Gasteiger charge is 2.48. The summed E-state index contributed by atoms with van der Waals surface area (Å²) in [5.74, 6) is -2.31. The van der Waals surface area contributed by atoms with Crippen molar-refractivity contribution < 1.29 is 28.7 Å². The number of anilines is 1. The molecule has 2 fully saturated rings. The van der Waals surface area contributed by atoms with E-state index in [2.05, 4.69) is 5.32 Å². The van der Waals surface area contributed by atoms with Crippen molar-refractivity contribution in [2.75, 3.05) is 19.0 Å². The lowest BCUT2D eigenvalue weighted by atomic mass is 9.81. The van der Waals surface area contributed by atoms with Gasteiger partial charge in [0.15, 0.2) is 6.10 Å². The van der Waals surface area contributed by atoms with Crippen molar-refractivity contribution in [1.82, 2.24) is 4.90 Å². The summed E-state index contributed by atoms with van der Waals surface area (Å²) in [6.07, 6.45) is 2.01. The molecule has 29 heavy (non-hydrogen) atoms. The van der Waals surface area contributed by atoms with E-state index in [0.29, 0.717) is 29.3 Å². The highest BCUT2D eigenvalue weighted by molar-refractivity contribution is 6.31. The first-order chi connectivity index (χ1) is 13.8. The van der Waals surface area contributed by atoms with Crippen LogP contribution in [0, 0.1) is 11.8 Å². The van der Waals surface area contributed by atoms with Gasteiger partial charge in [0.25, 0.3) is 5.91 Å². The lowest BCUT2D eigenvalue weighted by Crippen LogP contribution is -2.39. The first kappa shape index (κ1) is 21.1. The summed E-state index contributed by atoms with van der Waals surface area (Å²) in [5, 5.41) is 2.99. The Morgan fingerprint density at radius 3 is 2.41 bits per heavy atom. The monoisotopic (exact) mass is 422 g/mol. The standard InChI is InChI=1S/C20H23ClN2O6/c1-11(18(25)22-15-9-12(21)7-8-16(15)28-2)29-17(24)10-23-19(26)13-5-3-4-6-14(13)20(23)27/h7-9,11,13-14H,3-6,10H2,1-2H3,(H,22,25)/t11-,13+,14+/m1/s1. The fourth-order valence-electron chi connectivity index (χ4n) is 3.82. The van der Waals surface area contributed by atoms with Gasteiger partial charge in [0, 0.05) is 5.02 Å². The van der Waals surface area contributed by atoms with Gasteiger partial charge in [-0.3, -0.25) is 24.1 Å². The maximum Gasteiger partial charge on any atom is 0.326 e. The minimum atomic E-state index is -1.14. The number of amides is 3. The van der Waals surface area contributed by atoms with E-state index < -0.39 is 24.5 Å². The Morgan fingerprint density at radius 1 is 1.21 bits per heavy atom. The number of carbonyl (C=O) groups excluding carboxylic acids is 4. The number of nitrogens with zero attached hydrogens (tertiary/aromatic N) is 1. The number of rotatable bonds is 6. The van der Waals surface area contributed by atoms with Gasteiger partial charge in [-0.15, -0.1) is 0 Å². The van der Waals surface area contributed by atoms with Crippen LogP contribution in [0.5, 0.6) is 5.75 Å². The maximum absolute atomic E-state index is 12.4. The smallest absolute Gasteiger partial charge is 0.326 e. The van der Waals surface area contributed by atoms with Crippen LogP contribution in [0.1, 0.15) is 32.6 Å². The quantitative estimate of drug-likeness (QED) is 0.558. The van der Waals surface area contributed by atoms with E-state index in [1.807, 2.05) is 0 Å². The first-order valence-corrected chi connectivity index (χ1v) is 9.88. The third-order valence-electron chi connectivity index (χ3n) is 5.32. The van der Waals surface area contributed by atoms with Crippen molar-refractivity contribution >= 4 is 41.0 Å². The van der Waals surface area contributed by atoms with Crippen molar-refractivity contribution in [2.45, 2.75) is 38.7 Å². The summed E-state index contributed by atoms with van der Waals surface area (Å²) in [6, 6.07) is 4.72. The highest BCUT2D eigenvalue weighted by Crippen LogP contribution is 2.37. The molecule has 8 nitrogen and oxygen atoms in total. The van der Waals surface area contributed by atoms with Gasteiger partial charge in [-0.25, -0.2) is 0 Å². The number of imide groups is 1. The third kappa shape index (κ3) is 4.53. The van der Waals surface area contributed by atoms with Crippen molar-refractivity contribution in [3.63, 3.8) is 0 Å². The molecule has 9 heteroatoms. The molecule has 0 aromatic heterocycles. The van der Waals surface area contributed by atoms with Gasteiger partial charge in [0.1, 0.15) is 12.3 Å². The summed E-state index contributed by atoms with van der Waals surface area (Å²) < 4.78 is 10.3. The fraction of sp³-hybridized carbons (Fsp3) is 0.500. The van der Waals surface area contributed by atoms with Crippen molar-refractivity contribution in [3.8, 4) is 5.75 Å². The van der Waals surface area contributed by atoms with Gasteiger partial charge in [-0.1, -0.05) is 24.4 Å². The number of hydrogen-bond acceptors (Lipinski definition) is 6. The van der Waals surface area contributed by atoms with Crippen LogP contribution in [0.25, 0.3) is 0 Å². The van der Waals surface area contributed by atoms with Crippen LogP contribution in [0.2, 0.25) is 5.02 Å².